The second-order valence-electron chi connectivity index (χ2n) is 5.32. The highest BCUT2D eigenvalue weighted by atomic mass is 32.2. The molecule has 4 rings (SSSR count). The number of rotatable bonds is 2. The number of thioether (sulfide) groups is 1. The zero-order valence-electron chi connectivity index (χ0n) is 11.7. The number of nitrogens with one attached hydrogen (secondary N) is 2. The molecule has 1 aromatic heterocycles. The van der Waals surface area contributed by atoms with Crippen LogP contribution in [-0.2, 0) is 0 Å². The maximum atomic E-state index is 4.57. The van der Waals surface area contributed by atoms with Crippen LogP contribution in [0.1, 0.15) is 36.8 Å². The SMILES string of the molecule is CC1=Nn2c(nnc2C2CC(c3ccccc3)NN2)SC1. The van der Waals surface area contributed by atoms with Gasteiger partial charge in [-0.15, -0.1) is 10.2 Å². The van der Waals surface area contributed by atoms with Gasteiger partial charge in [0.25, 0.3) is 0 Å². The Bertz CT molecular complexity index is 680. The zero-order chi connectivity index (χ0) is 14.2. The van der Waals surface area contributed by atoms with Crippen molar-refractivity contribution >= 4 is 17.5 Å². The molecule has 0 radical (unpaired) electrons. The minimum atomic E-state index is 0.117. The normalized spacial score (nSPS) is 24.7. The molecular formula is C14H16N6S. The van der Waals surface area contributed by atoms with Crippen LogP contribution in [0.3, 0.4) is 0 Å². The molecule has 6 nitrogen and oxygen atoms in total. The molecule has 2 unspecified atom stereocenters. The zero-order valence-corrected chi connectivity index (χ0v) is 12.5. The summed E-state index contributed by atoms with van der Waals surface area (Å²) in [5.41, 5.74) is 9.04. The monoisotopic (exact) mass is 300 g/mol. The van der Waals surface area contributed by atoms with Crippen molar-refractivity contribution in [3.05, 3.63) is 41.7 Å². The first-order chi connectivity index (χ1) is 10.3. The Kier molecular flexibility index (Phi) is 3.25. The van der Waals surface area contributed by atoms with E-state index in [2.05, 4.69) is 50.4 Å². The first kappa shape index (κ1) is 13.0. The average Bonchev–Trinajstić information content (AvgIpc) is 3.14. The highest BCUT2D eigenvalue weighted by molar-refractivity contribution is 7.99. The van der Waals surface area contributed by atoms with Crippen LogP contribution in [0.5, 0.6) is 0 Å². The molecule has 2 aromatic rings. The highest BCUT2D eigenvalue weighted by Gasteiger charge is 2.31. The molecule has 7 heteroatoms. The highest BCUT2D eigenvalue weighted by Crippen LogP contribution is 2.32. The lowest BCUT2D eigenvalue weighted by Gasteiger charge is -2.13. The van der Waals surface area contributed by atoms with Gasteiger partial charge in [0.15, 0.2) is 5.82 Å². The number of hydrogen-bond donors (Lipinski definition) is 2. The van der Waals surface area contributed by atoms with Crippen molar-refractivity contribution in [2.24, 2.45) is 5.10 Å². The molecule has 1 saturated heterocycles. The molecule has 2 aliphatic heterocycles. The lowest BCUT2D eigenvalue weighted by Crippen LogP contribution is -2.28. The first-order valence-electron chi connectivity index (χ1n) is 7.00. The van der Waals surface area contributed by atoms with Crippen LogP contribution in [0.2, 0.25) is 0 Å². The fourth-order valence-corrected chi connectivity index (χ4v) is 3.43. The van der Waals surface area contributed by atoms with Gasteiger partial charge in [0.05, 0.1) is 6.04 Å². The van der Waals surface area contributed by atoms with Crippen LogP contribution in [0, 0.1) is 0 Å². The molecule has 1 fully saturated rings. The Morgan fingerprint density at radius 3 is 2.81 bits per heavy atom. The number of benzene rings is 1. The molecule has 0 spiro atoms. The second-order valence-corrected chi connectivity index (χ2v) is 6.26. The molecule has 1 aromatic carbocycles. The van der Waals surface area contributed by atoms with Gasteiger partial charge in [-0.3, -0.25) is 0 Å². The number of hydrazine groups is 1. The molecule has 108 valence electrons. The van der Waals surface area contributed by atoms with Crippen molar-refractivity contribution in [3.8, 4) is 0 Å². The topological polar surface area (TPSA) is 67.1 Å². The quantitative estimate of drug-likeness (QED) is 0.886. The maximum absolute atomic E-state index is 4.57. The van der Waals surface area contributed by atoms with Crippen molar-refractivity contribution in [1.82, 2.24) is 25.7 Å². The predicted molar refractivity (Wildman–Crippen MR) is 82.1 cm³/mol. The van der Waals surface area contributed by atoms with Gasteiger partial charge in [0.1, 0.15) is 0 Å². The van der Waals surface area contributed by atoms with E-state index in [1.807, 2.05) is 17.7 Å². The molecule has 0 bridgehead atoms. The summed E-state index contributed by atoms with van der Waals surface area (Å²) < 4.78 is 1.87. The Morgan fingerprint density at radius 2 is 1.95 bits per heavy atom. The van der Waals surface area contributed by atoms with Crippen LogP contribution in [0.4, 0.5) is 0 Å². The van der Waals surface area contributed by atoms with Crippen LogP contribution in [-0.4, -0.2) is 26.3 Å². The molecule has 3 heterocycles. The molecule has 2 atom stereocenters. The summed E-state index contributed by atoms with van der Waals surface area (Å²) >= 11 is 1.68. The smallest absolute Gasteiger partial charge is 0.212 e. The Morgan fingerprint density at radius 1 is 1.14 bits per heavy atom. The van der Waals surface area contributed by atoms with E-state index >= 15 is 0 Å². The Hall–Kier alpha value is -1.70. The number of nitrogens with zero attached hydrogens (tertiary/aromatic N) is 4. The van der Waals surface area contributed by atoms with Gasteiger partial charge in [-0.05, 0) is 18.9 Å². The maximum Gasteiger partial charge on any atom is 0.212 e. The van der Waals surface area contributed by atoms with Crippen LogP contribution in [0.15, 0.2) is 40.6 Å². The average molecular weight is 300 g/mol. The van der Waals surface area contributed by atoms with E-state index in [9.17, 15) is 0 Å². The van der Waals surface area contributed by atoms with Crippen LogP contribution < -0.4 is 10.9 Å². The fraction of sp³-hybridized carbons (Fsp3) is 0.357. The van der Waals surface area contributed by atoms with Crippen molar-refractivity contribution in [3.63, 3.8) is 0 Å². The first-order valence-corrected chi connectivity index (χ1v) is 7.98. The van der Waals surface area contributed by atoms with E-state index in [0.717, 1.165) is 28.9 Å². The summed E-state index contributed by atoms with van der Waals surface area (Å²) in [6, 6.07) is 10.8. The third kappa shape index (κ3) is 2.37. The van der Waals surface area contributed by atoms with E-state index < -0.39 is 0 Å². The van der Waals surface area contributed by atoms with Crippen molar-refractivity contribution in [2.75, 3.05) is 5.75 Å². The van der Waals surface area contributed by atoms with Gasteiger partial charge in [0, 0.05) is 17.5 Å². The number of hydrogen-bond acceptors (Lipinski definition) is 6. The molecule has 2 aliphatic rings. The van der Waals surface area contributed by atoms with E-state index in [4.69, 9.17) is 0 Å². The number of fused-ring (bicyclic) bond motifs is 1. The van der Waals surface area contributed by atoms with E-state index in [1.165, 1.54) is 5.56 Å². The lowest BCUT2D eigenvalue weighted by atomic mass is 10.0. The van der Waals surface area contributed by atoms with Gasteiger partial charge >= 0.3 is 0 Å². The third-order valence-corrected chi connectivity index (χ3v) is 4.81. The van der Waals surface area contributed by atoms with E-state index in [-0.39, 0.29) is 12.1 Å². The summed E-state index contributed by atoms with van der Waals surface area (Å²) in [4.78, 5) is 0. The summed E-state index contributed by atoms with van der Waals surface area (Å²) in [5.74, 6) is 1.77. The van der Waals surface area contributed by atoms with Gasteiger partial charge in [-0.25, -0.2) is 10.9 Å². The minimum absolute atomic E-state index is 0.117. The van der Waals surface area contributed by atoms with E-state index in [1.54, 1.807) is 11.8 Å². The van der Waals surface area contributed by atoms with Crippen LogP contribution in [0.25, 0.3) is 0 Å². The Labute approximate surface area is 127 Å². The van der Waals surface area contributed by atoms with Crippen molar-refractivity contribution < 1.29 is 0 Å². The molecular weight excluding hydrogens is 284 g/mol. The largest absolute Gasteiger partial charge is 0.250 e. The minimum Gasteiger partial charge on any atom is -0.250 e. The standard InChI is InChI=1S/C14H16N6S/c1-9-8-21-14-18-17-13(20(14)19-9)12-7-11(15-16-12)10-5-3-2-4-6-10/h2-6,11-12,15-16H,7-8H2,1H3. The summed E-state index contributed by atoms with van der Waals surface area (Å²) in [6.07, 6.45) is 0.932. The molecule has 0 saturated carbocycles. The lowest BCUT2D eigenvalue weighted by molar-refractivity contribution is 0.521. The van der Waals surface area contributed by atoms with Crippen LogP contribution >= 0.6 is 11.8 Å². The summed E-state index contributed by atoms with van der Waals surface area (Å²) in [6.45, 7) is 2.03. The Balaban J connectivity index is 1.59. The molecule has 21 heavy (non-hydrogen) atoms. The van der Waals surface area contributed by atoms with E-state index in [0.29, 0.717) is 0 Å². The predicted octanol–water partition coefficient (Wildman–Crippen LogP) is 1.89. The molecule has 0 aliphatic carbocycles. The molecule has 2 N–H and O–H groups in total. The van der Waals surface area contributed by atoms with Gasteiger partial charge in [-0.2, -0.15) is 9.78 Å². The van der Waals surface area contributed by atoms with Crippen molar-refractivity contribution in [2.45, 2.75) is 30.6 Å². The van der Waals surface area contributed by atoms with Gasteiger partial charge in [-0.1, -0.05) is 42.1 Å². The number of aromatic nitrogens is 3. The van der Waals surface area contributed by atoms with Gasteiger partial charge < -0.3 is 0 Å². The fourth-order valence-electron chi connectivity index (χ4n) is 2.68. The third-order valence-electron chi connectivity index (χ3n) is 3.73. The summed E-state index contributed by atoms with van der Waals surface area (Å²) in [7, 11) is 0. The van der Waals surface area contributed by atoms with Gasteiger partial charge in [0.2, 0.25) is 5.16 Å². The summed E-state index contributed by atoms with van der Waals surface area (Å²) in [5, 5.41) is 14.0. The van der Waals surface area contributed by atoms with Crippen molar-refractivity contribution in [1.29, 1.82) is 0 Å². The molecule has 0 amide bonds. The second kappa shape index (κ2) is 5.25.